The van der Waals surface area contributed by atoms with E-state index in [1.807, 2.05) is 6.20 Å². The molecule has 1 N–H and O–H groups in total. The lowest BCUT2D eigenvalue weighted by Crippen LogP contribution is -2.34. The smallest absolute Gasteiger partial charge is 0.208 e. The predicted molar refractivity (Wildman–Crippen MR) is 234 cm³/mol. The largest absolute Gasteiger partial charge is 0.345 e. The highest BCUT2D eigenvalue weighted by Crippen LogP contribution is 2.38. The van der Waals surface area contributed by atoms with Gasteiger partial charge in [-0.1, -0.05) is 140 Å². The maximum atomic E-state index is 4.92. The molecule has 1 aliphatic rings. The molecule has 264 valence electrons. The summed E-state index contributed by atoms with van der Waals surface area (Å²) in [6, 6.07) is 69.8. The number of nitrogens with zero attached hydrogens (tertiary/aromatic N) is 3. The van der Waals surface area contributed by atoms with Crippen molar-refractivity contribution in [3.8, 4) is 39.1 Å². The van der Waals surface area contributed by atoms with Gasteiger partial charge in [0.2, 0.25) is 5.96 Å². The molecule has 1 aliphatic heterocycles. The van der Waals surface area contributed by atoms with Crippen LogP contribution in [0, 0.1) is 0 Å². The first-order valence-corrected chi connectivity index (χ1v) is 19.2. The fourth-order valence-electron chi connectivity index (χ4n) is 8.53. The average molecular weight is 717 g/mol. The van der Waals surface area contributed by atoms with Crippen LogP contribution in [0.2, 0.25) is 0 Å². The Morgan fingerprint density at radius 1 is 0.375 bits per heavy atom. The average Bonchev–Trinajstić information content (AvgIpc) is 3.79. The molecule has 11 rings (SSSR count). The molecule has 0 radical (unpaired) electrons. The molecule has 8 aromatic carbocycles. The van der Waals surface area contributed by atoms with Gasteiger partial charge in [-0.25, -0.2) is 4.99 Å². The first kappa shape index (κ1) is 32.0. The third kappa shape index (κ3) is 5.34. The molecule has 0 saturated carbocycles. The van der Waals surface area contributed by atoms with E-state index in [9.17, 15) is 0 Å². The van der Waals surface area contributed by atoms with E-state index in [2.05, 4.69) is 215 Å². The fraction of sp³-hybridized carbons (Fsp3) is 0.0192. The summed E-state index contributed by atoms with van der Waals surface area (Å²) in [6.07, 6.45) is 4.08. The van der Waals surface area contributed by atoms with Gasteiger partial charge in [0.05, 0.1) is 28.1 Å². The number of hydrogen-bond donors (Lipinski definition) is 1. The van der Waals surface area contributed by atoms with Gasteiger partial charge in [0.15, 0.2) is 0 Å². The summed E-state index contributed by atoms with van der Waals surface area (Å²) in [5.74, 6) is 0.809. The van der Waals surface area contributed by atoms with Crippen LogP contribution in [0.15, 0.2) is 211 Å². The molecule has 0 spiro atoms. The van der Waals surface area contributed by atoms with Crippen LogP contribution >= 0.6 is 0 Å². The number of hydrogen-bond acceptors (Lipinski definition) is 2. The molecule has 0 bridgehead atoms. The van der Waals surface area contributed by atoms with Gasteiger partial charge in [-0.05, 0) is 99.6 Å². The van der Waals surface area contributed by atoms with Crippen molar-refractivity contribution < 1.29 is 0 Å². The van der Waals surface area contributed by atoms with Crippen molar-refractivity contribution in [2.45, 2.75) is 6.04 Å². The van der Waals surface area contributed by atoms with E-state index in [0.717, 1.165) is 17.0 Å². The number of para-hydroxylation sites is 3. The van der Waals surface area contributed by atoms with E-state index in [1.165, 1.54) is 77.2 Å². The fourth-order valence-corrected chi connectivity index (χ4v) is 8.53. The molecular formula is C52H36N4. The lowest BCUT2D eigenvalue weighted by Gasteiger charge is -2.23. The molecular weight excluding hydrogens is 681 g/mol. The van der Waals surface area contributed by atoms with Crippen LogP contribution in [0.1, 0.15) is 11.6 Å². The molecule has 0 fully saturated rings. The molecule has 0 aliphatic carbocycles. The van der Waals surface area contributed by atoms with E-state index in [1.54, 1.807) is 0 Å². The zero-order valence-electron chi connectivity index (χ0n) is 30.5. The lowest BCUT2D eigenvalue weighted by molar-refractivity contribution is 0.756. The first-order valence-electron chi connectivity index (χ1n) is 19.2. The third-order valence-electron chi connectivity index (χ3n) is 11.2. The van der Waals surface area contributed by atoms with E-state index in [0.29, 0.717) is 0 Å². The number of aliphatic imine (C=N–C) groups is 1. The Labute approximate surface area is 324 Å². The molecule has 1 unspecified atom stereocenters. The minimum Gasteiger partial charge on any atom is -0.345 e. The van der Waals surface area contributed by atoms with Crippen molar-refractivity contribution in [1.29, 1.82) is 0 Å². The van der Waals surface area contributed by atoms with Crippen LogP contribution in [-0.2, 0) is 0 Å². The summed E-state index contributed by atoms with van der Waals surface area (Å²) < 4.78 is 4.64. The highest BCUT2D eigenvalue weighted by molar-refractivity contribution is 6.15. The second-order valence-corrected chi connectivity index (χ2v) is 14.5. The number of benzene rings is 8. The van der Waals surface area contributed by atoms with Gasteiger partial charge >= 0.3 is 0 Å². The van der Waals surface area contributed by atoms with Crippen molar-refractivity contribution in [3.05, 3.63) is 212 Å². The zero-order valence-corrected chi connectivity index (χ0v) is 30.5. The zero-order chi connectivity index (χ0) is 37.0. The Morgan fingerprint density at radius 2 is 0.857 bits per heavy atom. The highest BCUT2D eigenvalue weighted by atomic mass is 15.2. The third-order valence-corrected chi connectivity index (χ3v) is 11.2. The highest BCUT2D eigenvalue weighted by Gasteiger charge is 2.21. The normalized spacial score (nSPS) is 14.1. The van der Waals surface area contributed by atoms with Gasteiger partial charge in [0.25, 0.3) is 0 Å². The van der Waals surface area contributed by atoms with Crippen molar-refractivity contribution in [1.82, 2.24) is 14.5 Å². The predicted octanol–water partition coefficient (Wildman–Crippen LogP) is 13.0. The maximum absolute atomic E-state index is 4.92. The van der Waals surface area contributed by atoms with Gasteiger partial charge in [-0.2, -0.15) is 0 Å². The lowest BCUT2D eigenvalue weighted by atomic mass is 9.97. The Morgan fingerprint density at radius 3 is 1.54 bits per heavy atom. The van der Waals surface area contributed by atoms with Crippen LogP contribution in [0.25, 0.3) is 82.7 Å². The van der Waals surface area contributed by atoms with Gasteiger partial charge in [-0.15, -0.1) is 0 Å². The van der Waals surface area contributed by atoms with Crippen LogP contribution in [0.3, 0.4) is 0 Å². The molecule has 0 saturated heterocycles. The van der Waals surface area contributed by atoms with Crippen LogP contribution in [0.4, 0.5) is 0 Å². The second kappa shape index (κ2) is 13.2. The van der Waals surface area contributed by atoms with Crippen molar-refractivity contribution in [3.63, 3.8) is 0 Å². The summed E-state index contributed by atoms with van der Waals surface area (Å²) >= 11 is 0. The van der Waals surface area contributed by atoms with Crippen LogP contribution in [0.5, 0.6) is 0 Å². The molecule has 1 atom stereocenters. The van der Waals surface area contributed by atoms with Gasteiger partial charge < -0.3 is 9.88 Å². The monoisotopic (exact) mass is 716 g/mol. The topological polar surface area (TPSA) is 34.2 Å². The number of rotatable bonds is 5. The number of nitrogens with one attached hydrogen (secondary N) is 1. The molecule has 3 heterocycles. The minimum absolute atomic E-state index is 0.0359. The van der Waals surface area contributed by atoms with Crippen molar-refractivity contribution in [2.75, 3.05) is 0 Å². The minimum atomic E-state index is -0.0359. The van der Waals surface area contributed by atoms with E-state index in [4.69, 9.17) is 4.99 Å². The number of fused-ring (bicyclic) bond motifs is 6. The quantitative estimate of drug-likeness (QED) is 0.189. The molecule has 10 aromatic rings. The van der Waals surface area contributed by atoms with E-state index >= 15 is 0 Å². The standard InChI is InChI=1S/C52H36N4/c1-3-12-35(13-4-1)36-22-24-37(25-23-36)38-14-11-15-41(32-38)47-30-31-53-52(54-47)56-49-21-10-8-19-44(49)46-34-40(27-29-51(46)56)39-26-28-50-45(33-39)43-18-7-9-20-48(43)55(50)42-16-5-2-6-17-42/h1-34,47H,(H,53,54). The molecule has 56 heavy (non-hydrogen) atoms. The maximum Gasteiger partial charge on any atom is 0.208 e. The molecule has 4 heteroatoms. The van der Waals surface area contributed by atoms with Crippen LogP contribution < -0.4 is 5.32 Å². The summed E-state index contributed by atoms with van der Waals surface area (Å²) in [7, 11) is 0. The Hall–Kier alpha value is -7.43. The Kier molecular flexibility index (Phi) is 7.52. The summed E-state index contributed by atoms with van der Waals surface area (Å²) in [5, 5.41) is 8.68. The summed E-state index contributed by atoms with van der Waals surface area (Å²) in [5.41, 5.74) is 14.2. The van der Waals surface area contributed by atoms with Crippen molar-refractivity contribution >= 4 is 49.6 Å². The molecule has 2 aromatic heterocycles. The van der Waals surface area contributed by atoms with E-state index < -0.39 is 0 Å². The SMILES string of the molecule is C1=CC(c2cccc(-c3ccc(-c4ccccc4)cc3)c2)NC(n2c3ccccc3c3cc(-c4ccc5c(c4)c4ccccc4n5-c4ccccc4)ccc32)=N1. The van der Waals surface area contributed by atoms with Crippen molar-refractivity contribution in [2.24, 2.45) is 4.99 Å². The van der Waals surface area contributed by atoms with E-state index in [-0.39, 0.29) is 6.04 Å². The first-order chi connectivity index (χ1) is 27.8. The molecule has 0 amide bonds. The number of aromatic nitrogens is 2. The van der Waals surface area contributed by atoms with Crippen LogP contribution in [-0.4, -0.2) is 15.1 Å². The summed E-state index contributed by atoms with van der Waals surface area (Å²) in [6.45, 7) is 0. The molecule has 4 nitrogen and oxygen atoms in total. The Bertz CT molecular complexity index is 3150. The Balaban J connectivity index is 0.943. The second-order valence-electron chi connectivity index (χ2n) is 14.5. The van der Waals surface area contributed by atoms with Gasteiger partial charge in [0, 0.05) is 33.4 Å². The summed E-state index contributed by atoms with van der Waals surface area (Å²) in [4.78, 5) is 4.92. The van der Waals surface area contributed by atoms with Gasteiger partial charge in [-0.3, -0.25) is 4.57 Å². The van der Waals surface area contributed by atoms with Gasteiger partial charge in [0.1, 0.15) is 0 Å².